The Morgan fingerprint density at radius 2 is 1.47 bits per heavy atom. The van der Waals surface area contributed by atoms with Crippen LogP contribution >= 0.6 is 15.9 Å². The van der Waals surface area contributed by atoms with Gasteiger partial charge in [-0.05, 0) is 54.3 Å². The summed E-state index contributed by atoms with van der Waals surface area (Å²) in [7, 11) is -3.78. The summed E-state index contributed by atoms with van der Waals surface area (Å²) in [4.78, 5) is 28.7. The monoisotopic (exact) mass is 599 g/mol. The van der Waals surface area contributed by atoms with E-state index in [9.17, 15) is 18.0 Å². The minimum absolute atomic E-state index is 0.146. The summed E-state index contributed by atoms with van der Waals surface area (Å²) < 4.78 is 27.6. The Labute approximate surface area is 234 Å². The van der Waals surface area contributed by atoms with Crippen molar-refractivity contribution in [3.05, 3.63) is 100 Å². The first kappa shape index (κ1) is 29.4. The predicted octanol–water partition coefficient (Wildman–Crippen LogP) is 4.55. The van der Waals surface area contributed by atoms with Gasteiger partial charge in [-0.25, -0.2) is 8.42 Å². The van der Waals surface area contributed by atoms with Gasteiger partial charge in [0.15, 0.2) is 0 Å². The number of amides is 2. The van der Waals surface area contributed by atoms with E-state index in [1.807, 2.05) is 80.6 Å². The number of nitrogens with zero attached hydrogens (tertiary/aromatic N) is 2. The van der Waals surface area contributed by atoms with E-state index in [0.717, 1.165) is 38.1 Å². The molecular formula is C29H34BrN3O4S. The molecule has 0 saturated heterocycles. The zero-order valence-electron chi connectivity index (χ0n) is 21.9. The van der Waals surface area contributed by atoms with Crippen LogP contribution in [0, 0.1) is 0 Å². The van der Waals surface area contributed by atoms with E-state index >= 15 is 0 Å². The first-order chi connectivity index (χ1) is 18.1. The van der Waals surface area contributed by atoms with Gasteiger partial charge in [-0.2, -0.15) is 0 Å². The van der Waals surface area contributed by atoms with Crippen LogP contribution in [-0.2, 0) is 39.0 Å². The number of halogens is 1. The average Bonchev–Trinajstić information content (AvgIpc) is 2.90. The fraction of sp³-hybridized carbons (Fsp3) is 0.310. The number of carbonyl (C=O) groups excluding carboxylic acids is 2. The van der Waals surface area contributed by atoms with Crippen molar-refractivity contribution >= 4 is 43.5 Å². The quantitative estimate of drug-likeness (QED) is 0.331. The number of anilines is 1. The van der Waals surface area contributed by atoms with E-state index < -0.39 is 28.5 Å². The molecule has 0 aliphatic heterocycles. The lowest BCUT2D eigenvalue weighted by atomic mass is 10.0. The number of sulfonamides is 1. The molecule has 0 unspecified atom stereocenters. The van der Waals surface area contributed by atoms with Gasteiger partial charge in [0.1, 0.15) is 12.6 Å². The zero-order chi connectivity index (χ0) is 27.7. The van der Waals surface area contributed by atoms with Crippen LogP contribution in [0.3, 0.4) is 0 Å². The summed E-state index contributed by atoms with van der Waals surface area (Å²) in [6.45, 7) is 3.97. The molecule has 3 rings (SSSR count). The van der Waals surface area contributed by atoms with Crippen LogP contribution in [0.15, 0.2) is 83.3 Å². The molecule has 7 nitrogen and oxygen atoms in total. The summed E-state index contributed by atoms with van der Waals surface area (Å²) in [6, 6.07) is 23.2. The molecule has 202 valence electrons. The van der Waals surface area contributed by atoms with Crippen molar-refractivity contribution in [2.24, 2.45) is 0 Å². The third kappa shape index (κ3) is 8.16. The van der Waals surface area contributed by atoms with Crippen LogP contribution in [-0.4, -0.2) is 50.5 Å². The highest BCUT2D eigenvalue weighted by atomic mass is 79.9. The maximum absolute atomic E-state index is 13.9. The van der Waals surface area contributed by atoms with Crippen molar-refractivity contribution in [3.63, 3.8) is 0 Å². The molecule has 0 aromatic heterocycles. The van der Waals surface area contributed by atoms with E-state index in [0.29, 0.717) is 18.7 Å². The number of likely N-dealkylation sites (N-methyl/N-ethyl adjacent to an activating group) is 1. The largest absolute Gasteiger partial charge is 0.355 e. The molecule has 0 heterocycles. The minimum Gasteiger partial charge on any atom is -0.355 e. The molecule has 1 atom stereocenters. The molecule has 2 amide bonds. The predicted molar refractivity (Wildman–Crippen MR) is 155 cm³/mol. The van der Waals surface area contributed by atoms with Crippen molar-refractivity contribution < 1.29 is 18.0 Å². The number of hydrogen-bond acceptors (Lipinski definition) is 4. The fourth-order valence-corrected chi connectivity index (χ4v) is 5.26. The van der Waals surface area contributed by atoms with Gasteiger partial charge in [0, 0.05) is 24.0 Å². The fourth-order valence-electron chi connectivity index (χ4n) is 4.14. The number of benzene rings is 3. The van der Waals surface area contributed by atoms with E-state index in [-0.39, 0.29) is 12.5 Å². The second kappa shape index (κ2) is 13.6. The lowest BCUT2D eigenvalue weighted by Gasteiger charge is -2.33. The van der Waals surface area contributed by atoms with Crippen LogP contribution in [0.25, 0.3) is 0 Å². The third-order valence-electron chi connectivity index (χ3n) is 6.20. The van der Waals surface area contributed by atoms with E-state index in [1.54, 1.807) is 12.1 Å². The molecule has 0 bridgehead atoms. The minimum atomic E-state index is -3.78. The normalized spacial score (nSPS) is 12.0. The summed E-state index contributed by atoms with van der Waals surface area (Å²) in [5.41, 5.74) is 3.18. The summed E-state index contributed by atoms with van der Waals surface area (Å²) in [5.74, 6) is -0.759. The first-order valence-electron chi connectivity index (χ1n) is 12.5. The Hall–Kier alpha value is -3.17. The molecule has 0 aliphatic rings. The van der Waals surface area contributed by atoms with Crippen molar-refractivity contribution in [1.29, 1.82) is 0 Å². The maximum atomic E-state index is 13.9. The van der Waals surface area contributed by atoms with Gasteiger partial charge in [0.25, 0.3) is 0 Å². The van der Waals surface area contributed by atoms with E-state index in [4.69, 9.17) is 0 Å². The van der Waals surface area contributed by atoms with Gasteiger partial charge in [-0.15, -0.1) is 0 Å². The van der Waals surface area contributed by atoms with Gasteiger partial charge in [0.2, 0.25) is 21.8 Å². The average molecular weight is 601 g/mol. The van der Waals surface area contributed by atoms with Gasteiger partial charge in [0.05, 0.1) is 11.9 Å². The highest BCUT2D eigenvalue weighted by molar-refractivity contribution is 9.10. The van der Waals surface area contributed by atoms with Crippen molar-refractivity contribution in [2.45, 2.75) is 39.3 Å². The lowest BCUT2D eigenvalue weighted by molar-refractivity contribution is -0.140. The highest BCUT2D eigenvalue weighted by Gasteiger charge is 2.32. The number of carbonyl (C=O) groups is 2. The number of nitrogens with one attached hydrogen (secondary N) is 1. The number of aryl methyl sites for hydroxylation is 1. The van der Waals surface area contributed by atoms with Gasteiger partial charge in [-0.3, -0.25) is 13.9 Å². The Morgan fingerprint density at radius 1 is 0.868 bits per heavy atom. The summed E-state index contributed by atoms with van der Waals surface area (Å²) >= 11 is 3.43. The second-order valence-corrected chi connectivity index (χ2v) is 11.9. The molecule has 3 aromatic rings. The molecule has 3 aromatic carbocycles. The Balaban J connectivity index is 2.01. The van der Waals surface area contributed by atoms with Crippen LogP contribution in [0.1, 0.15) is 30.5 Å². The Morgan fingerprint density at radius 3 is 2.03 bits per heavy atom. The van der Waals surface area contributed by atoms with Crippen molar-refractivity contribution in [1.82, 2.24) is 10.2 Å². The van der Waals surface area contributed by atoms with E-state index in [2.05, 4.69) is 21.2 Å². The molecule has 0 fully saturated rings. The van der Waals surface area contributed by atoms with Gasteiger partial charge >= 0.3 is 0 Å². The standard InChI is InChI=1S/C29H34BrN3O4S/c1-4-22-13-17-26(18-14-22)33(38(3,36)37)21-28(34)32(20-24-11-15-25(30)16-12-24)27(29(35)31-5-2)19-23-9-7-6-8-10-23/h6-18,27H,4-5,19-21H2,1-3H3,(H,31,35)/t27-/m0/s1. The molecule has 0 aliphatic carbocycles. The zero-order valence-corrected chi connectivity index (χ0v) is 24.3. The summed E-state index contributed by atoms with van der Waals surface area (Å²) in [5, 5.41) is 2.85. The Kier molecular flexibility index (Phi) is 10.5. The number of hydrogen-bond donors (Lipinski definition) is 1. The molecule has 9 heteroatoms. The molecule has 0 radical (unpaired) electrons. The van der Waals surface area contributed by atoms with Crippen LogP contribution in [0.5, 0.6) is 0 Å². The molecule has 1 N–H and O–H groups in total. The Bertz CT molecular complexity index is 1310. The van der Waals surface area contributed by atoms with Gasteiger partial charge in [-0.1, -0.05) is 77.5 Å². The van der Waals surface area contributed by atoms with Crippen molar-refractivity contribution in [2.75, 3.05) is 23.7 Å². The summed E-state index contributed by atoms with van der Waals surface area (Å²) in [6.07, 6.45) is 2.18. The SMILES string of the molecule is CCNC(=O)[C@H](Cc1ccccc1)N(Cc1ccc(Br)cc1)C(=O)CN(c1ccc(CC)cc1)S(C)(=O)=O. The van der Waals surface area contributed by atoms with Crippen LogP contribution < -0.4 is 9.62 Å². The van der Waals surface area contributed by atoms with E-state index in [1.165, 1.54) is 4.90 Å². The molecular weight excluding hydrogens is 566 g/mol. The number of rotatable bonds is 12. The van der Waals surface area contributed by atoms with Crippen LogP contribution in [0.4, 0.5) is 5.69 Å². The third-order valence-corrected chi connectivity index (χ3v) is 7.87. The smallest absolute Gasteiger partial charge is 0.244 e. The first-order valence-corrected chi connectivity index (χ1v) is 15.2. The van der Waals surface area contributed by atoms with Crippen LogP contribution in [0.2, 0.25) is 0 Å². The lowest BCUT2D eigenvalue weighted by Crippen LogP contribution is -2.53. The topological polar surface area (TPSA) is 86.8 Å². The highest BCUT2D eigenvalue weighted by Crippen LogP contribution is 2.21. The maximum Gasteiger partial charge on any atom is 0.244 e. The molecule has 38 heavy (non-hydrogen) atoms. The van der Waals surface area contributed by atoms with Crippen molar-refractivity contribution in [3.8, 4) is 0 Å². The van der Waals surface area contributed by atoms with Gasteiger partial charge < -0.3 is 10.2 Å². The molecule has 0 saturated carbocycles. The molecule has 0 spiro atoms. The second-order valence-electron chi connectivity index (χ2n) is 9.04.